The van der Waals surface area contributed by atoms with Crippen LogP contribution in [-0.4, -0.2) is 41.3 Å². The highest BCUT2D eigenvalue weighted by molar-refractivity contribution is 7.18. The fraction of sp³-hybridized carbons (Fsp3) is 0.474. The molecule has 8 nitrogen and oxygen atoms in total. The number of anilines is 1. The minimum atomic E-state index is -0.587. The molecule has 0 aliphatic carbocycles. The number of thiophene rings is 1. The van der Waals surface area contributed by atoms with Gasteiger partial charge in [-0.2, -0.15) is 5.10 Å². The molecular weight excluding hydrogens is 418 g/mol. The first-order valence-electron chi connectivity index (χ1n) is 9.09. The van der Waals surface area contributed by atoms with Crippen LogP contribution in [0.2, 0.25) is 5.02 Å². The van der Waals surface area contributed by atoms with Gasteiger partial charge in [-0.15, -0.1) is 11.3 Å². The number of methoxy groups -OCH3 is 1. The monoisotopic (exact) mass is 441 g/mol. The largest absolute Gasteiger partial charge is 0.465 e. The van der Waals surface area contributed by atoms with E-state index < -0.39 is 11.9 Å². The summed E-state index contributed by atoms with van der Waals surface area (Å²) in [5, 5.41) is 7.85. The lowest BCUT2D eigenvalue weighted by atomic mass is 10.1. The Kier molecular flexibility index (Phi) is 7.80. The Morgan fingerprint density at radius 1 is 1.21 bits per heavy atom. The van der Waals surface area contributed by atoms with Crippen LogP contribution in [0.5, 0.6) is 0 Å². The summed E-state index contributed by atoms with van der Waals surface area (Å²) in [4.78, 5) is 37.2. The predicted octanol–water partition coefficient (Wildman–Crippen LogP) is 3.91. The smallest absolute Gasteiger partial charge is 0.348 e. The Balaban J connectivity index is 2.20. The number of carbonyl (C=O) groups excluding carboxylic acids is 3. The van der Waals surface area contributed by atoms with E-state index in [1.165, 1.54) is 7.11 Å². The van der Waals surface area contributed by atoms with Crippen LogP contribution in [0.3, 0.4) is 0 Å². The highest BCUT2D eigenvalue weighted by atomic mass is 35.5. The molecule has 10 heteroatoms. The number of rotatable bonds is 8. The fourth-order valence-corrected chi connectivity index (χ4v) is 3.96. The van der Waals surface area contributed by atoms with E-state index in [9.17, 15) is 14.4 Å². The van der Waals surface area contributed by atoms with Gasteiger partial charge >= 0.3 is 11.9 Å². The molecule has 0 unspecified atom stereocenters. The molecule has 0 aromatic carbocycles. The van der Waals surface area contributed by atoms with Gasteiger partial charge in [0.15, 0.2) is 0 Å². The second-order valence-electron chi connectivity index (χ2n) is 6.39. The van der Waals surface area contributed by atoms with Gasteiger partial charge in [0, 0.05) is 6.42 Å². The van der Waals surface area contributed by atoms with Crippen LogP contribution in [0.1, 0.15) is 56.7 Å². The van der Waals surface area contributed by atoms with Crippen molar-refractivity contribution < 1.29 is 23.9 Å². The topological polar surface area (TPSA) is 99.5 Å². The molecule has 0 spiro atoms. The van der Waals surface area contributed by atoms with Crippen LogP contribution >= 0.6 is 22.9 Å². The zero-order valence-electron chi connectivity index (χ0n) is 17.1. The summed E-state index contributed by atoms with van der Waals surface area (Å²) in [6.07, 6.45) is 0.776. The standard InChI is InChI=1S/C19H24ClN3O5S/c1-6-9-28-18(25)14-10(2)16(19(26)27-5)29-17(14)21-13(24)7-8-23-12(4)15(20)11(3)22-23/h6-9H2,1-5H3,(H,21,24). The molecule has 2 aromatic rings. The van der Waals surface area contributed by atoms with Crippen LogP contribution in [-0.2, 0) is 20.8 Å². The van der Waals surface area contributed by atoms with E-state index in [1.807, 2.05) is 13.8 Å². The van der Waals surface area contributed by atoms with Crippen molar-refractivity contribution in [1.29, 1.82) is 0 Å². The van der Waals surface area contributed by atoms with Crippen molar-refractivity contribution in [2.45, 2.75) is 47.1 Å². The van der Waals surface area contributed by atoms with Gasteiger partial charge in [-0.3, -0.25) is 9.48 Å². The van der Waals surface area contributed by atoms with Gasteiger partial charge in [0.2, 0.25) is 5.91 Å². The van der Waals surface area contributed by atoms with Crippen molar-refractivity contribution in [2.75, 3.05) is 19.0 Å². The van der Waals surface area contributed by atoms with Gasteiger partial charge in [-0.25, -0.2) is 9.59 Å². The normalized spacial score (nSPS) is 10.7. The summed E-state index contributed by atoms with van der Waals surface area (Å²) in [6.45, 7) is 7.69. The van der Waals surface area contributed by atoms with E-state index in [1.54, 1.807) is 18.5 Å². The van der Waals surface area contributed by atoms with E-state index in [2.05, 4.69) is 10.4 Å². The Labute approximate surface area is 178 Å². The average molecular weight is 442 g/mol. The predicted molar refractivity (Wildman–Crippen MR) is 111 cm³/mol. The average Bonchev–Trinajstić information content (AvgIpc) is 3.14. The molecule has 0 aliphatic heterocycles. The molecular formula is C19H24ClN3O5S. The minimum Gasteiger partial charge on any atom is -0.465 e. The van der Waals surface area contributed by atoms with E-state index in [-0.39, 0.29) is 34.4 Å². The minimum absolute atomic E-state index is 0.117. The number of aromatic nitrogens is 2. The van der Waals surface area contributed by atoms with Crippen molar-refractivity contribution in [2.24, 2.45) is 0 Å². The quantitative estimate of drug-likeness (QED) is 0.623. The summed E-state index contributed by atoms with van der Waals surface area (Å²) in [7, 11) is 1.26. The second-order valence-corrected chi connectivity index (χ2v) is 7.79. The zero-order chi connectivity index (χ0) is 21.7. The first-order chi connectivity index (χ1) is 13.7. The molecule has 0 radical (unpaired) electrons. The maximum Gasteiger partial charge on any atom is 0.348 e. The lowest BCUT2D eigenvalue weighted by molar-refractivity contribution is -0.116. The van der Waals surface area contributed by atoms with Gasteiger partial charge < -0.3 is 14.8 Å². The second kappa shape index (κ2) is 9.89. The summed E-state index contributed by atoms with van der Waals surface area (Å²) < 4.78 is 11.6. The van der Waals surface area contributed by atoms with Crippen molar-refractivity contribution in [3.8, 4) is 0 Å². The molecule has 0 saturated heterocycles. The molecule has 2 rings (SSSR count). The van der Waals surface area contributed by atoms with E-state index in [4.69, 9.17) is 21.1 Å². The maximum absolute atomic E-state index is 12.5. The number of halogens is 1. The maximum atomic E-state index is 12.5. The van der Waals surface area contributed by atoms with E-state index in [0.29, 0.717) is 29.2 Å². The first kappa shape index (κ1) is 22.9. The van der Waals surface area contributed by atoms with Gasteiger partial charge in [0.1, 0.15) is 9.88 Å². The molecule has 0 saturated carbocycles. The van der Waals surface area contributed by atoms with Crippen LogP contribution in [0.15, 0.2) is 0 Å². The Hall–Kier alpha value is -2.39. The molecule has 1 N–H and O–H groups in total. The molecule has 29 heavy (non-hydrogen) atoms. The Bertz CT molecular complexity index is 935. The first-order valence-corrected chi connectivity index (χ1v) is 10.3. The number of ether oxygens (including phenoxy) is 2. The third kappa shape index (κ3) is 5.16. The zero-order valence-corrected chi connectivity index (χ0v) is 18.6. The summed E-state index contributed by atoms with van der Waals surface area (Å²) in [5.74, 6) is -1.48. The van der Waals surface area contributed by atoms with E-state index >= 15 is 0 Å². The summed E-state index contributed by atoms with van der Waals surface area (Å²) >= 11 is 7.12. The van der Waals surface area contributed by atoms with Crippen LogP contribution in [0.25, 0.3) is 0 Å². The number of amides is 1. The molecule has 1 amide bonds. The van der Waals surface area contributed by atoms with Crippen molar-refractivity contribution in [1.82, 2.24) is 9.78 Å². The molecule has 0 aliphatic rings. The Morgan fingerprint density at radius 2 is 1.90 bits per heavy atom. The van der Waals surface area contributed by atoms with Gasteiger partial charge in [-0.05, 0) is 32.8 Å². The number of carbonyl (C=O) groups is 3. The lowest BCUT2D eigenvalue weighted by Gasteiger charge is -2.08. The molecule has 0 fully saturated rings. The third-order valence-corrected chi connectivity index (χ3v) is 5.99. The van der Waals surface area contributed by atoms with Crippen LogP contribution < -0.4 is 5.32 Å². The van der Waals surface area contributed by atoms with Gasteiger partial charge in [0.25, 0.3) is 0 Å². The fourth-order valence-electron chi connectivity index (χ4n) is 2.69. The van der Waals surface area contributed by atoms with Crippen LogP contribution in [0, 0.1) is 20.8 Å². The summed E-state index contributed by atoms with van der Waals surface area (Å²) in [5.41, 5.74) is 2.07. The third-order valence-electron chi connectivity index (χ3n) is 4.26. The number of nitrogens with one attached hydrogen (secondary N) is 1. The van der Waals surface area contributed by atoms with Crippen molar-refractivity contribution in [3.63, 3.8) is 0 Å². The molecule has 2 aromatic heterocycles. The lowest BCUT2D eigenvalue weighted by Crippen LogP contribution is -2.17. The molecule has 0 atom stereocenters. The van der Waals surface area contributed by atoms with E-state index in [0.717, 1.165) is 17.0 Å². The Morgan fingerprint density at radius 3 is 2.45 bits per heavy atom. The summed E-state index contributed by atoms with van der Waals surface area (Å²) in [6, 6.07) is 0. The number of aryl methyl sites for hydroxylation is 2. The molecule has 158 valence electrons. The van der Waals surface area contributed by atoms with Gasteiger partial charge in [-0.1, -0.05) is 18.5 Å². The van der Waals surface area contributed by atoms with Gasteiger partial charge in [0.05, 0.1) is 42.2 Å². The van der Waals surface area contributed by atoms with Crippen molar-refractivity contribution in [3.05, 3.63) is 32.4 Å². The highest BCUT2D eigenvalue weighted by Crippen LogP contribution is 2.34. The number of nitrogens with zero attached hydrogens (tertiary/aromatic N) is 2. The van der Waals surface area contributed by atoms with Crippen LogP contribution in [0.4, 0.5) is 5.00 Å². The SMILES string of the molecule is CCCOC(=O)c1c(NC(=O)CCn2nc(C)c(Cl)c2C)sc(C(=O)OC)c1C. The molecule has 2 heterocycles. The number of hydrogen-bond donors (Lipinski definition) is 1. The number of hydrogen-bond acceptors (Lipinski definition) is 7. The molecule has 0 bridgehead atoms. The van der Waals surface area contributed by atoms with Crippen molar-refractivity contribution >= 4 is 45.8 Å². The number of esters is 2. The highest BCUT2D eigenvalue weighted by Gasteiger charge is 2.27.